The zero-order valence-corrected chi connectivity index (χ0v) is 14.7. The highest BCUT2D eigenvalue weighted by Gasteiger charge is 2.32. The summed E-state index contributed by atoms with van der Waals surface area (Å²) in [5.41, 5.74) is 0.466. The number of nitrogens with one attached hydrogen (secondary N) is 1. The SMILES string of the molecule is CCCC1CCCCN1CC(CC)(CC)CNC(C)C. The zero-order valence-electron chi connectivity index (χ0n) is 14.7. The van der Waals surface area contributed by atoms with Crippen LogP contribution in [0.2, 0.25) is 0 Å². The third kappa shape index (κ3) is 5.37. The molecule has 1 aliphatic heterocycles. The molecule has 1 heterocycles. The van der Waals surface area contributed by atoms with Gasteiger partial charge in [-0.3, -0.25) is 4.90 Å². The second-order valence-electron chi connectivity index (χ2n) is 7.15. The fraction of sp³-hybridized carbons (Fsp3) is 1.00. The number of hydrogen-bond acceptors (Lipinski definition) is 2. The van der Waals surface area contributed by atoms with Gasteiger partial charge in [-0.05, 0) is 44.1 Å². The quantitative estimate of drug-likeness (QED) is 0.672. The molecule has 0 spiro atoms. The van der Waals surface area contributed by atoms with E-state index in [1.807, 2.05) is 0 Å². The molecule has 0 aromatic carbocycles. The van der Waals surface area contributed by atoms with Crippen LogP contribution >= 0.6 is 0 Å². The maximum Gasteiger partial charge on any atom is 0.00954 e. The van der Waals surface area contributed by atoms with Crippen LogP contribution in [0.3, 0.4) is 0 Å². The van der Waals surface area contributed by atoms with Crippen molar-refractivity contribution < 1.29 is 0 Å². The van der Waals surface area contributed by atoms with E-state index in [2.05, 4.69) is 44.8 Å². The van der Waals surface area contributed by atoms with Crippen molar-refractivity contribution >= 4 is 0 Å². The molecule has 0 aliphatic carbocycles. The van der Waals surface area contributed by atoms with Crippen LogP contribution in [0, 0.1) is 5.41 Å². The van der Waals surface area contributed by atoms with Crippen molar-refractivity contribution in [3.05, 3.63) is 0 Å². The zero-order chi connectivity index (χ0) is 15.0. The average Bonchev–Trinajstić information content (AvgIpc) is 2.45. The maximum atomic E-state index is 3.70. The predicted octanol–water partition coefficient (Wildman–Crippen LogP) is 4.45. The van der Waals surface area contributed by atoms with Gasteiger partial charge in [-0.2, -0.15) is 0 Å². The van der Waals surface area contributed by atoms with E-state index in [0.717, 1.165) is 6.04 Å². The Morgan fingerprint density at radius 1 is 1.15 bits per heavy atom. The summed E-state index contributed by atoms with van der Waals surface area (Å²) >= 11 is 0. The van der Waals surface area contributed by atoms with E-state index in [4.69, 9.17) is 0 Å². The minimum absolute atomic E-state index is 0.466. The summed E-state index contributed by atoms with van der Waals surface area (Å²) < 4.78 is 0. The monoisotopic (exact) mass is 282 g/mol. The van der Waals surface area contributed by atoms with Crippen molar-refractivity contribution in [1.29, 1.82) is 0 Å². The Morgan fingerprint density at radius 3 is 2.40 bits per heavy atom. The molecule has 0 radical (unpaired) electrons. The molecule has 2 heteroatoms. The molecule has 1 aliphatic rings. The number of likely N-dealkylation sites (tertiary alicyclic amines) is 1. The molecular weight excluding hydrogens is 244 g/mol. The van der Waals surface area contributed by atoms with Gasteiger partial charge in [0.25, 0.3) is 0 Å². The largest absolute Gasteiger partial charge is 0.314 e. The van der Waals surface area contributed by atoms with E-state index in [0.29, 0.717) is 11.5 Å². The minimum Gasteiger partial charge on any atom is -0.314 e. The summed E-state index contributed by atoms with van der Waals surface area (Å²) in [6.07, 6.45) is 9.57. The molecule has 120 valence electrons. The Balaban J connectivity index is 2.66. The van der Waals surface area contributed by atoms with Crippen molar-refractivity contribution in [2.75, 3.05) is 19.6 Å². The fourth-order valence-corrected chi connectivity index (χ4v) is 3.56. The first-order valence-electron chi connectivity index (χ1n) is 9.04. The second-order valence-corrected chi connectivity index (χ2v) is 7.15. The van der Waals surface area contributed by atoms with Crippen molar-refractivity contribution in [3.63, 3.8) is 0 Å². The van der Waals surface area contributed by atoms with Crippen LogP contribution in [0.1, 0.15) is 79.6 Å². The highest BCUT2D eigenvalue weighted by Crippen LogP contribution is 2.31. The van der Waals surface area contributed by atoms with E-state index in [1.165, 1.54) is 64.6 Å². The van der Waals surface area contributed by atoms with E-state index in [1.54, 1.807) is 0 Å². The van der Waals surface area contributed by atoms with Gasteiger partial charge in [0.1, 0.15) is 0 Å². The highest BCUT2D eigenvalue weighted by molar-refractivity contribution is 4.87. The lowest BCUT2D eigenvalue weighted by atomic mass is 9.80. The molecule has 1 fully saturated rings. The van der Waals surface area contributed by atoms with Gasteiger partial charge in [0.15, 0.2) is 0 Å². The molecule has 1 N–H and O–H groups in total. The lowest BCUT2D eigenvalue weighted by Gasteiger charge is -2.43. The van der Waals surface area contributed by atoms with E-state index < -0.39 is 0 Å². The summed E-state index contributed by atoms with van der Waals surface area (Å²) in [4.78, 5) is 2.82. The van der Waals surface area contributed by atoms with Crippen molar-refractivity contribution in [2.45, 2.75) is 91.6 Å². The molecule has 2 nitrogen and oxygen atoms in total. The molecule has 1 rings (SSSR count). The van der Waals surface area contributed by atoms with Gasteiger partial charge in [0.05, 0.1) is 0 Å². The first kappa shape index (κ1) is 18.0. The van der Waals surface area contributed by atoms with Crippen LogP contribution < -0.4 is 5.32 Å². The maximum absolute atomic E-state index is 3.70. The van der Waals surface area contributed by atoms with Crippen LogP contribution in [0.25, 0.3) is 0 Å². The molecule has 0 saturated carbocycles. The Kier molecular flexibility index (Phi) is 8.13. The van der Waals surface area contributed by atoms with Gasteiger partial charge in [0.2, 0.25) is 0 Å². The molecule has 0 amide bonds. The van der Waals surface area contributed by atoms with Crippen LogP contribution in [-0.2, 0) is 0 Å². The van der Waals surface area contributed by atoms with Crippen LogP contribution in [0.4, 0.5) is 0 Å². The van der Waals surface area contributed by atoms with Crippen LogP contribution in [0.15, 0.2) is 0 Å². The van der Waals surface area contributed by atoms with Gasteiger partial charge < -0.3 is 5.32 Å². The predicted molar refractivity (Wildman–Crippen MR) is 90.3 cm³/mol. The summed E-state index contributed by atoms with van der Waals surface area (Å²) in [6.45, 7) is 15.4. The van der Waals surface area contributed by atoms with E-state index in [9.17, 15) is 0 Å². The van der Waals surface area contributed by atoms with Gasteiger partial charge in [-0.15, -0.1) is 0 Å². The molecule has 1 saturated heterocycles. The van der Waals surface area contributed by atoms with Crippen molar-refractivity contribution in [2.24, 2.45) is 5.41 Å². The molecule has 1 atom stereocenters. The van der Waals surface area contributed by atoms with E-state index >= 15 is 0 Å². The number of nitrogens with zero attached hydrogens (tertiary/aromatic N) is 1. The summed E-state index contributed by atoms with van der Waals surface area (Å²) in [6, 6.07) is 1.45. The average molecular weight is 283 g/mol. The smallest absolute Gasteiger partial charge is 0.00954 e. The van der Waals surface area contributed by atoms with Crippen LogP contribution in [0.5, 0.6) is 0 Å². The molecule has 0 bridgehead atoms. The van der Waals surface area contributed by atoms with Gasteiger partial charge in [0, 0.05) is 25.2 Å². The third-order valence-corrected chi connectivity index (χ3v) is 5.29. The minimum atomic E-state index is 0.466. The third-order valence-electron chi connectivity index (χ3n) is 5.29. The summed E-state index contributed by atoms with van der Waals surface area (Å²) in [5.74, 6) is 0. The van der Waals surface area contributed by atoms with Gasteiger partial charge >= 0.3 is 0 Å². The second kappa shape index (κ2) is 9.04. The van der Waals surface area contributed by atoms with Crippen molar-refractivity contribution in [1.82, 2.24) is 10.2 Å². The first-order chi connectivity index (χ1) is 9.56. The topological polar surface area (TPSA) is 15.3 Å². The summed E-state index contributed by atoms with van der Waals surface area (Å²) in [7, 11) is 0. The Hall–Kier alpha value is -0.0800. The molecule has 0 aromatic heterocycles. The normalized spacial score (nSPS) is 21.6. The van der Waals surface area contributed by atoms with Gasteiger partial charge in [-0.1, -0.05) is 47.5 Å². The Morgan fingerprint density at radius 2 is 1.85 bits per heavy atom. The Bertz CT molecular complexity index is 244. The lowest BCUT2D eigenvalue weighted by molar-refractivity contribution is 0.0675. The van der Waals surface area contributed by atoms with Gasteiger partial charge in [-0.25, -0.2) is 0 Å². The number of hydrogen-bond donors (Lipinski definition) is 1. The Labute approximate surface area is 127 Å². The number of rotatable bonds is 9. The first-order valence-corrected chi connectivity index (χ1v) is 9.04. The lowest BCUT2D eigenvalue weighted by Crippen LogP contribution is -2.49. The molecule has 20 heavy (non-hydrogen) atoms. The molecular formula is C18H38N2. The van der Waals surface area contributed by atoms with E-state index in [-0.39, 0.29) is 0 Å². The highest BCUT2D eigenvalue weighted by atomic mass is 15.2. The summed E-state index contributed by atoms with van der Waals surface area (Å²) in [5, 5.41) is 3.70. The fourth-order valence-electron chi connectivity index (χ4n) is 3.56. The molecule has 0 aromatic rings. The van der Waals surface area contributed by atoms with Crippen molar-refractivity contribution in [3.8, 4) is 0 Å². The number of piperidine rings is 1. The standard InChI is InChI=1S/C18H38N2/c1-6-11-17-12-9-10-13-20(17)15-18(7-2,8-3)14-19-16(4)5/h16-17,19H,6-15H2,1-5H3. The van der Waals surface area contributed by atoms with Crippen LogP contribution in [-0.4, -0.2) is 36.6 Å². The molecule has 1 unspecified atom stereocenters.